The third-order valence-electron chi connectivity index (χ3n) is 3.47. The summed E-state index contributed by atoms with van der Waals surface area (Å²) in [7, 11) is 1.72. The molecule has 2 N–H and O–H groups in total. The number of halogens is 1. The van der Waals surface area contributed by atoms with Crippen molar-refractivity contribution in [2.45, 2.75) is 45.6 Å². The Balaban J connectivity index is 0.00000529. The lowest BCUT2D eigenvalue weighted by atomic mass is 9.85. The van der Waals surface area contributed by atoms with Crippen LogP contribution in [0.2, 0.25) is 0 Å². The maximum atomic E-state index is 11.5. The molecule has 24 heavy (non-hydrogen) atoms. The molecule has 0 radical (unpaired) electrons. The van der Waals surface area contributed by atoms with Gasteiger partial charge in [0.1, 0.15) is 0 Å². The van der Waals surface area contributed by atoms with E-state index >= 15 is 0 Å². The van der Waals surface area contributed by atoms with Gasteiger partial charge in [-0.2, -0.15) is 0 Å². The number of hydrogen-bond donors (Lipinski definition) is 2. The summed E-state index contributed by atoms with van der Waals surface area (Å²) in [6.45, 7) is 9.30. The van der Waals surface area contributed by atoms with Crippen molar-refractivity contribution in [1.82, 2.24) is 10.6 Å². The minimum Gasteiger partial charge on any atom is -0.463 e. The minimum absolute atomic E-state index is 0. The van der Waals surface area contributed by atoms with Crippen LogP contribution in [-0.2, 0) is 14.9 Å². The Kier molecular flexibility index (Phi) is 10.7. The van der Waals surface area contributed by atoms with Gasteiger partial charge in [0.15, 0.2) is 5.96 Å². The topological polar surface area (TPSA) is 62.7 Å². The molecule has 136 valence electrons. The standard InChI is InChI=1S/C18H29N3O2.HI/c1-14(2)23-16(22)11-12-20-17(19-5)21-13-18(3,4)15-9-7-6-8-10-15;/h6-10,14H,11-13H2,1-5H3,(H2,19,20,21);1H. The van der Waals surface area contributed by atoms with Crippen molar-refractivity contribution in [1.29, 1.82) is 0 Å². The molecule has 1 rings (SSSR count). The molecule has 0 aliphatic carbocycles. The predicted octanol–water partition coefficient (Wildman–Crippen LogP) is 3.09. The molecule has 0 amide bonds. The van der Waals surface area contributed by atoms with Gasteiger partial charge in [0.25, 0.3) is 0 Å². The molecule has 0 fully saturated rings. The van der Waals surface area contributed by atoms with E-state index in [9.17, 15) is 4.79 Å². The molecule has 6 heteroatoms. The van der Waals surface area contributed by atoms with E-state index in [-0.39, 0.29) is 41.5 Å². The predicted molar refractivity (Wildman–Crippen MR) is 110 cm³/mol. The Labute approximate surface area is 162 Å². The Hall–Kier alpha value is -1.31. The van der Waals surface area contributed by atoms with Gasteiger partial charge >= 0.3 is 5.97 Å². The molecule has 1 aromatic rings. The number of aliphatic imine (C=N–C) groups is 1. The van der Waals surface area contributed by atoms with E-state index in [2.05, 4.69) is 41.6 Å². The quantitative estimate of drug-likeness (QED) is 0.292. The van der Waals surface area contributed by atoms with E-state index in [4.69, 9.17) is 4.74 Å². The Bertz CT molecular complexity index is 516. The van der Waals surface area contributed by atoms with Crippen LogP contribution in [0, 0.1) is 0 Å². The van der Waals surface area contributed by atoms with Gasteiger partial charge in [-0.25, -0.2) is 0 Å². The number of carbonyl (C=O) groups is 1. The first-order valence-corrected chi connectivity index (χ1v) is 8.04. The lowest BCUT2D eigenvalue weighted by molar-refractivity contribution is -0.147. The lowest BCUT2D eigenvalue weighted by Gasteiger charge is -2.26. The largest absolute Gasteiger partial charge is 0.463 e. The summed E-state index contributed by atoms with van der Waals surface area (Å²) in [4.78, 5) is 15.7. The summed E-state index contributed by atoms with van der Waals surface area (Å²) in [6.07, 6.45) is 0.243. The number of hydrogen-bond acceptors (Lipinski definition) is 3. The third-order valence-corrected chi connectivity index (χ3v) is 3.47. The molecular formula is C18H30IN3O2. The lowest BCUT2D eigenvalue weighted by Crippen LogP contribution is -2.44. The van der Waals surface area contributed by atoms with Gasteiger partial charge in [0, 0.05) is 25.6 Å². The third kappa shape index (κ3) is 8.52. The molecule has 0 atom stereocenters. The maximum Gasteiger partial charge on any atom is 0.307 e. The number of guanidine groups is 1. The van der Waals surface area contributed by atoms with Crippen LogP contribution < -0.4 is 10.6 Å². The van der Waals surface area contributed by atoms with Crippen molar-refractivity contribution < 1.29 is 9.53 Å². The fourth-order valence-corrected chi connectivity index (χ4v) is 2.12. The highest BCUT2D eigenvalue weighted by Gasteiger charge is 2.20. The van der Waals surface area contributed by atoms with Gasteiger partial charge in [-0.3, -0.25) is 9.79 Å². The molecule has 0 heterocycles. The van der Waals surface area contributed by atoms with E-state index in [0.29, 0.717) is 18.9 Å². The Morgan fingerprint density at radius 1 is 1.21 bits per heavy atom. The second-order valence-corrected chi connectivity index (χ2v) is 6.39. The molecule has 0 saturated heterocycles. The Morgan fingerprint density at radius 2 is 1.83 bits per heavy atom. The number of nitrogens with zero attached hydrogens (tertiary/aromatic N) is 1. The normalized spacial score (nSPS) is 11.7. The van der Waals surface area contributed by atoms with E-state index in [1.54, 1.807) is 7.05 Å². The molecular weight excluding hydrogens is 417 g/mol. The SMILES string of the molecule is CN=C(NCCC(=O)OC(C)C)NCC(C)(C)c1ccccc1.I. The number of carbonyl (C=O) groups excluding carboxylic acids is 1. The summed E-state index contributed by atoms with van der Waals surface area (Å²) in [6, 6.07) is 10.4. The van der Waals surface area contributed by atoms with Crippen molar-refractivity contribution in [2.24, 2.45) is 4.99 Å². The van der Waals surface area contributed by atoms with Crippen LogP contribution in [0.15, 0.2) is 35.3 Å². The average molecular weight is 447 g/mol. The van der Waals surface area contributed by atoms with Crippen LogP contribution in [0.4, 0.5) is 0 Å². The maximum absolute atomic E-state index is 11.5. The first kappa shape index (κ1) is 22.7. The molecule has 0 saturated carbocycles. The summed E-state index contributed by atoms with van der Waals surface area (Å²) in [5.41, 5.74) is 1.25. The van der Waals surface area contributed by atoms with E-state index in [1.807, 2.05) is 32.0 Å². The van der Waals surface area contributed by atoms with Crippen molar-refractivity contribution in [3.05, 3.63) is 35.9 Å². The second-order valence-electron chi connectivity index (χ2n) is 6.39. The van der Waals surface area contributed by atoms with E-state index in [1.165, 1.54) is 5.56 Å². The zero-order valence-electron chi connectivity index (χ0n) is 15.3. The number of esters is 1. The first-order valence-electron chi connectivity index (χ1n) is 8.04. The summed E-state index contributed by atoms with van der Waals surface area (Å²) >= 11 is 0. The van der Waals surface area contributed by atoms with Gasteiger partial charge in [-0.05, 0) is 19.4 Å². The molecule has 0 unspecified atom stereocenters. The fraction of sp³-hybridized carbons (Fsp3) is 0.556. The molecule has 0 bridgehead atoms. The number of rotatable bonds is 7. The average Bonchev–Trinajstić information content (AvgIpc) is 2.50. The van der Waals surface area contributed by atoms with Crippen molar-refractivity contribution in [3.63, 3.8) is 0 Å². The summed E-state index contributed by atoms with van der Waals surface area (Å²) in [5.74, 6) is 0.485. The van der Waals surface area contributed by atoms with Crippen LogP contribution in [0.5, 0.6) is 0 Å². The number of nitrogens with one attached hydrogen (secondary N) is 2. The number of ether oxygens (including phenoxy) is 1. The van der Waals surface area contributed by atoms with Crippen LogP contribution >= 0.6 is 24.0 Å². The van der Waals surface area contributed by atoms with E-state index in [0.717, 1.165) is 6.54 Å². The zero-order valence-corrected chi connectivity index (χ0v) is 17.6. The monoisotopic (exact) mass is 447 g/mol. The highest BCUT2D eigenvalue weighted by atomic mass is 127. The molecule has 0 spiro atoms. The molecule has 0 aliphatic heterocycles. The van der Waals surface area contributed by atoms with Gasteiger partial charge in [0.05, 0.1) is 12.5 Å². The van der Waals surface area contributed by atoms with Crippen LogP contribution in [-0.4, -0.2) is 38.2 Å². The van der Waals surface area contributed by atoms with Gasteiger partial charge in [0.2, 0.25) is 0 Å². The summed E-state index contributed by atoms with van der Waals surface area (Å²) in [5, 5.41) is 6.45. The van der Waals surface area contributed by atoms with Gasteiger partial charge < -0.3 is 15.4 Å². The first-order chi connectivity index (χ1) is 10.8. The molecule has 1 aromatic carbocycles. The van der Waals surface area contributed by atoms with Crippen molar-refractivity contribution in [2.75, 3.05) is 20.1 Å². The fourth-order valence-electron chi connectivity index (χ4n) is 2.12. The molecule has 0 aliphatic rings. The van der Waals surface area contributed by atoms with Crippen LogP contribution in [0.3, 0.4) is 0 Å². The molecule has 5 nitrogen and oxygen atoms in total. The molecule has 0 aromatic heterocycles. The van der Waals surface area contributed by atoms with Gasteiger partial charge in [-0.1, -0.05) is 44.2 Å². The smallest absolute Gasteiger partial charge is 0.307 e. The zero-order chi connectivity index (χ0) is 17.3. The minimum atomic E-state index is -0.201. The summed E-state index contributed by atoms with van der Waals surface area (Å²) < 4.78 is 5.10. The van der Waals surface area contributed by atoms with Crippen LogP contribution in [0.25, 0.3) is 0 Å². The second kappa shape index (κ2) is 11.3. The van der Waals surface area contributed by atoms with E-state index < -0.39 is 0 Å². The highest BCUT2D eigenvalue weighted by Crippen LogP contribution is 2.21. The van der Waals surface area contributed by atoms with Crippen molar-refractivity contribution >= 4 is 35.9 Å². The van der Waals surface area contributed by atoms with Crippen LogP contribution in [0.1, 0.15) is 39.7 Å². The highest BCUT2D eigenvalue weighted by molar-refractivity contribution is 14.0. The number of benzene rings is 1. The van der Waals surface area contributed by atoms with Gasteiger partial charge in [-0.15, -0.1) is 24.0 Å². The van der Waals surface area contributed by atoms with Crippen molar-refractivity contribution in [3.8, 4) is 0 Å². The Morgan fingerprint density at radius 3 is 2.38 bits per heavy atom.